The second kappa shape index (κ2) is 4.65. The highest BCUT2D eigenvalue weighted by Gasteiger charge is 2.30. The zero-order valence-electron chi connectivity index (χ0n) is 9.38. The fourth-order valence-corrected chi connectivity index (χ4v) is 1.49. The Bertz CT molecular complexity index is 429. The van der Waals surface area contributed by atoms with E-state index in [0.717, 1.165) is 4.90 Å². The maximum Gasteiger partial charge on any atom is 0.405 e. The van der Waals surface area contributed by atoms with Crippen molar-refractivity contribution in [1.82, 2.24) is 0 Å². The number of aryl methyl sites for hydroxylation is 1. The number of anilines is 1. The molecule has 0 radical (unpaired) electrons. The molecule has 0 aliphatic carbocycles. The van der Waals surface area contributed by atoms with Crippen LogP contribution >= 0.6 is 0 Å². The van der Waals surface area contributed by atoms with Crippen molar-refractivity contribution in [2.45, 2.75) is 13.1 Å². The third-order valence-electron chi connectivity index (χ3n) is 2.21. The topological polar surface area (TPSA) is 40.5 Å². The van der Waals surface area contributed by atoms with Crippen molar-refractivity contribution in [3.05, 3.63) is 29.3 Å². The van der Waals surface area contributed by atoms with Crippen LogP contribution in [0.3, 0.4) is 0 Å². The van der Waals surface area contributed by atoms with Crippen LogP contribution in [0.4, 0.5) is 18.9 Å². The van der Waals surface area contributed by atoms with Crippen molar-refractivity contribution in [2.75, 3.05) is 18.5 Å². The third-order valence-corrected chi connectivity index (χ3v) is 2.21. The Balaban J connectivity index is 3.10. The lowest BCUT2D eigenvalue weighted by atomic mass is 10.1. The van der Waals surface area contributed by atoms with Gasteiger partial charge in [-0.1, -0.05) is 6.07 Å². The van der Waals surface area contributed by atoms with Gasteiger partial charge < -0.3 is 10.0 Å². The Kier molecular flexibility index (Phi) is 3.65. The average molecular weight is 247 g/mol. The third kappa shape index (κ3) is 3.65. The fourth-order valence-electron chi connectivity index (χ4n) is 1.49. The predicted molar refractivity (Wildman–Crippen MR) is 57.5 cm³/mol. The molecule has 6 heteroatoms. The Morgan fingerprint density at radius 3 is 2.47 bits per heavy atom. The van der Waals surface area contributed by atoms with Gasteiger partial charge >= 0.3 is 12.1 Å². The molecule has 0 amide bonds. The van der Waals surface area contributed by atoms with Crippen LogP contribution in [-0.2, 0) is 0 Å². The first kappa shape index (κ1) is 13.3. The number of carboxylic acid groups (broad SMARTS) is 1. The van der Waals surface area contributed by atoms with Gasteiger partial charge in [-0.05, 0) is 24.6 Å². The summed E-state index contributed by atoms with van der Waals surface area (Å²) in [5.74, 6) is -1.24. The highest BCUT2D eigenvalue weighted by Crippen LogP contribution is 2.25. The monoisotopic (exact) mass is 247 g/mol. The second-order valence-corrected chi connectivity index (χ2v) is 3.80. The molecule has 0 fully saturated rings. The highest BCUT2D eigenvalue weighted by molar-refractivity contribution is 5.94. The first-order valence-corrected chi connectivity index (χ1v) is 4.82. The number of carboxylic acids is 1. The van der Waals surface area contributed by atoms with Gasteiger partial charge in [0.1, 0.15) is 6.54 Å². The van der Waals surface area contributed by atoms with Gasteiger partial charge in [0.15, 0.2) is 0 Å². The van der Waals surface area contributed by atoms with Crippen LogP contribution in [0.15, 0.2) is 18.2 Å². The molecule has 1 aromatic rings. The summed E-state index contributed by atoms with van der Waals surface area (Å²) in [4.78, 5) is 11.8. The quantitative estimate of drug-likeness (QED) is 0.892. The molecular weight excluding hydrogens is 235 g/mol. The first-order chi connectivity index (χ1) is 7.70. The molecular formula is C11H12F3NO2. The maximum atomic E-state index is 12.2. The van der Waals surface area contributed by atoms with Crippen molar-refractivity contribution in [3.8, 4) is 0 Å². The van der Waals surface area contributed by atoms with Crippen molar-refractivity contribution in [3.63, 3.8) is 0 Å². The summed E-state index contributed by atoms with van der Waals surface area (Å²) in [7, 11) is 1.22. The molecule has 0 aliphatic heterocycles. The zero-order valence-corrected chi connectivity index (χ0v) is 9.38. The van der Waals surface area contributed by atoms with Crippen LogP contribution < -0.4 is 4.90 Å². The lowest BCUT2D eigenvalue weighted by Gasteiger charge is -2.22. The lowest BCUT2D eigenvalue weighted by Crippen LogP contribution is -2.31. The molecule has 0 saturated carbocycles. The van der Waals surface area contributed by atoms with Gasteiger partial charge in [-0.25, -0.2) is 4.79 Å². The number of nitrogens with zero attached hydrogens (tertiary/aromatic N) is 1. The van der Waals surface area contributed by atoms with Crippen molar-refractivity contribution in [1.29, 1.82) is 0 Å². The van der Waals surface area contributed by atoms with E-state index in [1.165, 1.54) is 19.2 Å². The van der Waals surface area contributed by atoms with E-state index in [4.69, 9.17) is 5.11 Å². The summed E-state index contributed by atoms with van der Waals surface area (Å²) in [5.41, 5.74) is 0.635. The second-order valence-electron chi connectivity index (χ2n) is 3.80. The SMILES string of the molecule is Cc1ccc(C(=O)O)c(N(C)CC(F)(F)F)c1. The molecule has 0 heterocycles. The van der Waals surface area contributed by atoms with E-state index in [-0.39, 0.29) is 11.3 Å². The summed E-state index contributed by atoms with van der Waals surface area (Å²) < 4.78 is 36.7. The molecule has 0 aromatic heterocycles. The van der Waals surface area contributed by atoms with E-state index in [1.807, 2.05) is 0 Å². The number of aromatic carboxylic acids is 1. The summed E-state index contributed by atoms with van der Waals surface area (Å²) in [6.07, 6.45) is -4.37. The molecule has 0 saturated heterocycles. The van der Waals surface area contributed by atoms with E-state index < -0.39 is 18.7 Å². The highest BCUT2D eigenvalue weighted by atomic mass is 19.4. The molecule has 0 spiro atoms. The molecule has 1 N–H and O–H groups in total. The summed E-state index contributed by atoms with van der Waals surface area (Å²) >= 11 is 0. The summed E-state index contributed by atoms with van der Waals surface area (Å²) in [5, 5.41) is 8.90. The minimum absolute atomic E-state index is 0.0647. The van der Waals surface area contributed by atoms with Crippen molar-refractivity contribution >= 4 is 11.7 Å². The minimum Gasteiger partial charge on any atom is -0.478 e. The molecule has 1 aromatic carbocycles. The molecule has 0 atom stereocenters. The lowest BCUT2D eigenvalue weighted by molar-refractivity contribution is -0.119. The predicted octanol–water partition coefficient (Wildman–Crippen LogP) is 2.69. The molecule has 1 rings (SSSR count). The van der Waals surface area contributed by atoms with Gasteiger partial charge in [-0.15, -0.1) is 0 Å². The standard InChI is InChI=1S/C11H12F3NO2/c1-7-3-4-8(10(16)17)9(5-7)15(2)6-11(12,13)14/h3-5H,6H2,1-2H3,(H,16,17). The van der Waals surface area contributed by atoms with Crippen molar-refractivity contribution in [2.24, 2.45) is 0 Å². The largest absolute Gasteiger partial charge is 0.478 e. The smallest absolute Gasteiger partial charge is 0.405 e. The summed E-state index contributed by atoms with van der Waals surface area (Å²) in [6.45, 7) is 0.507. The van der Waals surface area contributed by atoms with Gasteiger partial charge in [-0.3, -0.25) is 0 Å². The van der Waals surface area contributed by atoms with Crippen molar-refractivity contribution < 1.29 is 23.1 Å². The molecule has 94 valence electrons. The number of hydrogen-bond acceptors (Lipinski definition) is 2. The summed E-state index contributed by atoms with van der Waals surface area (Å²) in [6, 6.07) is 4.28. The van der Waals surface area contributed by atoms with E-state index in [9.17, 15) is 18.0 Å². The van der Waals surface area contributed by atoms with Crippen LogP contribution in [0.5, 0.6) is 0 Å². The van der Waals surface area contributed by atoms with E-state index in [1.54, 1.807) is 13.0 Å². The minimum atomic E-state index is -4.37. The van der Waals surface area contributed by atoms with E-state index in [0.29, 0.717) is 5.56 Å². The number of carbonyl (C=O) groups is 1. The van der Waals surface area contributed by atoms with Crippen LogP contribution in [0, 0.1) is 6.92 Å². The van der Waals surface area contributed by atoms with Crippen LogP contribution in [0.2, 0.25) is 0 Å². The fraction of sp³-hybridized carbons (Fsp3) is 0.364. The molecule has 17 heavy (non-hydrogen) atoms. The number of hydrogen-bond donors (Lipinski definition) is 1. The van der Waals surface area contributed by atoms with Gasteiger partial charge in [0.2, 0.25) is 0 Å². The number of benzene rings is 1. The van der Waals surface area contributed by atoms with Gasteiger partial charge in [0, 0.05) is 7.05 Å². The Morgan fingerprint density at radius 2 is 2.00 bits per heavy atom. The Hall–Kier alpha value is -1.72. The van der Waals surface area contributed by atoms with Crippen LogP contribution in [0.25, 0.3) is 0 Å². The average Bonchev–Trinajstić information content (AvgIpc) is 2.14. The Morgan fingerprint density at radius 1 is 1.41 bits per heavy atom. The normalized spacial score (nSPS) is 11.4. The van der Waals surface area contributed by atoms with E-state index >= 15 is 0 Å². The zero-order chi connectivity index (χ0) is 13.2. The molecule has 0 aliphatic rings. The maximum absolute atomic E-state index is 12.2. The first-order valence-electron chi connectivity index (χ1n) is 4.82. The molecule has 3 nitrogen and oxygen atoms in total. The molecule has 0 bridgehead atoms. The van der Waals surface area contributed by atoms with Crippen LogP contribution in [-0.4, -0.2) is 30.8 Å². The van der Waals surface area contributed by atoms with Crippen LogP contribution in [0.1, 0.15) is 15.9 Å². The number of alkyl halides is 3. The molecule has 0 unspecified atom stereocenters. The number of halogens is 3. The van der Waals surface area contributed by atoms with Gasteiger partial charge in [0.25, 0.3) is 0 Å². The van der Waals surface area contributed by atoms with Gasteiger partial charge in [-0.2, -0.15) is 13.2 Å². The Labute approximate surface area is 96.5 Å². The number of rotatable bonds is 3. The van der Waals surface area contributed by atoms with E-state index in [2.05, 4.69) is 0 Å². The van der Waals surface area contributed by atoms with Gasteiger partial charge in [0.05, 0.1) is 11.3 Å².